The topological polar surface area (TPSA) is 99.7 Å². The largest absolute Gasteiger partial charge is 0.514 e. The molecule has 3 atom stereocenters. The molecule has 2 aliphatic carbocycles. The first-order valence-electron chi connectivity index (χ1n) is 10.6. The first kappa shape index (κ1) is 19.1. The van der Waals surface area contributed by atoms with Gasteiger partial charge in [-0.05, 0) is 50.2 Å². The number of anilines is 1. The summed E-state index contributed by atoms with van der Waals surface area (Å²) in [4.78, 5) is 31.8. The number of carbonyl (C=O) groups is 1. The number of carbonyl (C=O) groups excluding carboxylic acids is 1. The van der Waals surface area contributed by atoms with Crippen molar-refractivity contribution in [3.05, 3.63) is 40.7 Å². The average molecular weight is 410 g/mol. The van der Waals surface area contributed by atoms with Crippen LogP contribution in [-0.2, 0) is 4.74 Å². The molecule has 2 fully saturated rings. The van der Waals surface area contributed by atoms with Gasteiger partial charge in [0.25, 0.3) is 0 Å². The highest BCUT2D eigenvalue weighted by Crippen LogP contribution is 2.38. The lowest BCUT2D eigenvalue weighted by Gasteiger charge is -2.25. The van der Waals surface area contributed by atoms with Crippen LogP contribution in [0.25, 0.3) is 11.0 Å². The standard InChI is InChI=1S/C22H26N4O4/c1-2-29-22(28)30-18-12-26(14-6-7-14)21-15(20(18)27)8-9-19(24-21)25-10-13-4-3-5-17(23)16(13)11-25/h3,5,8-9,12-14,16-17H,2,4,6-7,10-11,23H2,1H3. The molecule has 8 heteroatoms. The molecule has 3 unspecified atom stereocenters. The number of aromatic nitrogens is 2. The normalized spacial score (nSPS) is 25.4. The summed E-state index contributed by atoms with van der Waals surface area (Å²) in [5, 5.41) is 0.447. The summed E-state index contributed by atoms with van der Waals surface area (Å²) in [6.45, 7) is 3.66. The van der Waals surface area contributed by atoms with E-state index in [2.05, 4.69) is 17.1 Å². The number of nitrogens with zero attached hydrogens (tertiary/aromatic N) is 3. The van der Waals surface area contributed by atoms with Gasteiger partial charge < -0.3 is 24.7 Å². The molecule has 1 saturated carbocycles. The van der Waals surface area contributed by atoms with Crippen LogP contribution in [0.1, 0.15) is 32.2 Å². The van der Waals surface area contributed by atoms with E-state index in [4.69, 9.17) is 20.2 Å². The van der Waals surface area contributed by atoms with Crippen molar-refractivity contribution in [3.63, 3.8) is 0 Å². The molecule has 8 nitrogen and oxygen atoms in total. The molecule has 0 aromatic carbocycles. The SMILES string of the molecule is CCOC(=O)Oc1cn(C2CC2)c2nc(N3CC4CC=CC(N)C4C3)ccc2c1=O. The summed E-state index contributed by atoms with van der Waals surface area (Å²) in [7, 11) is 0. The van der Waals surface area contributed by atoms with E-state index in [0.29, 0.717) is 22.9 Å². The van der Waals surface area contributed by atoms with Crippen LogP contribution >= 0.6 is 0 Å². The van der Waals surface area contributed by atoms with E-state index in [1.807, 2.05) is 10.6 Å². The van der Waals surface area contributed by atoms with Crippen LogP contribution in [0.3, 0.4) is 0 Å². The smallest absolute Gasteiger partial charge is 0.434 e. The van der Waals surface area contributed by atoms with E-state index in [1.54, 1.807) is 19.2 Å². The summed E-state index contributed by atoms with van der Waals surface area (Å²) in [6.07, 6.45) is 8.08. The summed E-state index contributed by atoms with van der Waals surface area (Å²) in [5.41, 5.74) is 6.57. The van der Waals surface area contributed by atoms with E-state index < -0.39 is 6.16 Å². The quantitative estimate of drug-likeness (QED) is 0.611. The molecular weight excluding hydrogens is 384 g/mol. The Hall–Kier alpha value is -2.87. The Morgan fingerprint density at radius 2 is 2.13 bits per heavy atom. The zero-order valence-corrected chi connectivity index (χ0v) is 17.0. The molecule has 5 rings (SSSR count). The Morgan fingerprint density at radius 3 is 2.87 bits per heavy atom. The minimum Gasteiger partial charge on any atom is -0.434 e. The molecule has 3 heterocycles. The van der Waals surface area contributed by atoms with Crippen molar-refractivity contribution in [2.45, 2.75) is 38.3 Å². The lowest BCUT2D eigenvalue weighted by atomic mass is 9.83. The number of ether oxygens (including phenoxy) is 2. The maximum absolute atomic E-state index is 12.9. The van der Waals surface area contributed by atoms with Crippen LogP contribution in [-0.4, -0.2) is 41.4 Å². The number of rotatable bonds is 4. The van der Waals surface area contributed by atoms with E-state index in [1.165, 1.54) is 0 Å². The monoisotopic (exact) mass is 410 g/mol. The maximum atomic E-state index is 12.9. The van der Waals surface area contributed by atoms with E-state index in [9.17, 15) is 9.59 Å². The molecule has 2 N–H and O–H groups in total. The van der Waals surface area contributed by atoms with Crippen molar-refractivity contribution < 1.29 is 14.3 Å². The number of fused-ring (bicyclic) bond motifs is 2. The van der Waals surface area contributed by atoms with Crippen molar-refractivity contribution in [1.82, 2.24) is 9.55 Å². The van der Waals surface area contributed by atoms with E-state index in [0.717, 1.165) is 38.2 Å². The molecule has 3 aliphatic rings. The van der Waals surface area contributed by atoms with Gasteiger partial charge >= 0.3 is 6.16 Å². The number of nitrogens with two attached hydrogens (primary N) is 1. The Morgan fingerprint density at radius 1 is 1.30 bits per heavy atom. The van der Waals surface area contributed by atoms with E-state index in [-0.39, 0.29) is 29.9 Å². The molecule has 0 spiro atoms. The number of hydrogen-bond donors (Lipinski definition) is 1. The van der Waals surface area contributed by atoms with Crippen molar-refractivity contribution in [3.8, 4) is 5.75 Å². The highest BCUT2D eigenvalue weighted by Gasteiger charge is 2.37. The molecule has 0 bridgehead atoms. The number of hydrogen-bond acceptors (Lipinski definition) is 7. The summed E-state index contributed by atoms with van der Waals surface area (Å²) < 4.78 is 12.0. The third kappa shape index (κ3) is 3.35. The Kier molecular flexibility index (Phi) is 4.73. The highest BCUT2D eigenvalue weighted by atomic mass is 16.7. The maximum Gasteiger partial charge on any atom is 0.514 e. The zero-order chi connectivity index (χ0) is 20.8. The predicted octanol–water partition coefficient (Wildman–Crippen LogP) is 2.61. The minimum atomic E-state index is -0.870. The summed E-state index contributed by atoms with van der Waals surface area (Å²) in [5.74, 6) is 1.80. The van der Waals surface area contributed by atoms with Gasteiger partial charge in [-0.25, -0.2) is 9.78 Å². The average Bonchev–Trinajstić information content (AvgIpc) is 3.48. The van der Waals surface area contributed by atoms with Crippen molar-refractivity contribution >= 4 is 23.0 Å². The zero-order valence-electron chi connectivity index (χ0n) is 17.0. The lowest BCUT2D eigenvalue weighted by molar-refractivity contribution is 0.104. The fourth-order valence-corrected chi connectivity index (χ4v) is 4.63. The van der Waals surface area contributed by atoms with Gasteiger partial charge in [-0.1, -0.05) is 12.2 Å². The van der Waals surface area contributed by atoms with Gasteiger partial charge in [0.15, 0.2) is 5.75 Å². The van der Waals surface area contributed by atoms with Crippen LogP contribution in [0.15, 0.2) is 35.3 Å². The highest BCUT2D eigenvalue weighted by molar-refractivity contribution is 5.79. The molecule has 2 aromatic rings. The molecule has 2 aromatic heterocycles. The lowest BCUT2D eigenvalue weighted by Crippen LogP contribution is -2.35. The second kappa shape index (κ2) is 7.43. The third-order valence-corrected chi connectivity index (χ3v) is 6.33. The van der Waals surface area contributed by atoms with Gasteiger partial charge in [0.2, 0.25) is 5.43 Å². The second-order valence-corrected chi connectivity index (χ2v) is 8.36. The van der Waals surface area contributed by atoms with Crippen molar-refractivity contribution in [2.75, 3.05) is 24.6 Å². The Balaban J connectivity index is 1.51. The molecule has 1 saturated heterocycles. The minimum absolute atomic E-state index is 0.0216. The fourth-order valence-electron chi connectivity index (χ4n) is 4.63. The van der Waals surface area contributed by atoms with Gasteiger partial charge in [-0.3, -0.25) is 4.79 Å². The van der Waals surface area contributed by atoms with Crippen LogP contribution in [0, 0.1) is 11.8 Å². The third-order valence-electron chi connectivity index (χ3n) is 6.33. The van der Waals surface area contributed by atoms with Crippen LogP contribution < -0.4 is 20.8 Å². The second-order valence-electron chi connectivity index (χ2n) is 8.36. The molecule has 158 valence electrons. The Labute approximate surface area is 174 Å². The first-order chi connectivity index (χ1) is 14.5. The van der Waals surface area contributed by atoms with Gasteiger partial charge in [0.05, 0.1) is 18.2 Å². The number of pyridine rings is 2. The van der Waals surface area contributed by atoms with Gasteiger partial charge in [0, 0.05) is 25.2 Å². The van der Waals surface area contributed by atoms with Gasteiger partial charge in [-0.2, -0.15) is 0 Å². The van der Waals surface area contributed by atoms with Crippen LogP contribution in [0.4, 0.5) is 10.6 Å². The van der Waals surface area contributed by atoms with Gasteiger partial charge in [0.1, 0.15) is 11.5 Å². The van der Waals surface area contributed by atoms with Gasteiger partial charge in [-0.15, -0.1) is 0 Å². The summed E-state index contributed by atoms with van der Waals surface area (Å²) >= 11 is 0. The first-order valence-corrected chi connectivity index (χ1v) is 10.6. The Bertz CT molecular complexity index is 1070. The number of allylic oxidation sites excluding steroid dienone is 1. The molecule has 0 radical (unpaired) electrons. The molecule has 1 aliphatic heterocycles. The van der Waals surface area contributed by atoms with Crippen LogP contribution in [0.5, 0.6) is 5.75 Å². The molecule has 0 amide bonds. The van der Waals surface area contributed by atoms with E-state index >= 15 is 0 Å². The van der Waals surface area contributed by atoms with Crippen molar-refractivity contribution in [1.29, 1.82) is 0 Å². The molecule has 30 heavy (non-hydrogen) atoms. The summed E-state index contributed by atoms with van der Waals surface area (Å²) in [6, 6.07) is 4.02. The van der Waals surface area contributed by atoms with Crippen LogP contribution in [0.2, 0.25) is 0 Å². The molecular formula is C22H26N4O4. The predicted molar refractivity (Wildman–Crippen MR) is 113 cm³/mol. The van der Waals surface area contributed by atoms with Crippen molar-refractivity contribution in [2.24, 2.45) is 17.6 Å². The fraction of sp³-hybridized carbons (Fsp3) is 0.500.